The number of hydrogen-bond acceptors (Lipinski definition) is 5. The first-order valence-corrected chi connectivity index (χ1v) is 9.15. The van der Waals surface area contributed by atoms with Gasteiger partial charge < -0.3 is 10.1 Å². The van der Waals surface area contributed by atoms with Gasteiger partial charge in [-0.1, -0.05) is 49.0 Å². The lowest BCUT2D eigenvalue weighted by Gasteiger charge is -2.15. The van der Waals surface area contributed by atoms with Crippen LogP contribution in [0, 0.1) is 0 Å². The van der Waals surface area contributed by atoms with Crippen LogP contribution in [-0.4, -0.2) is 28.2 Å². The van der Waals surface area contributed by atoms with Crippen LogP contribution in [0.3, 0.4) is 0 Å². The summed E-state index contributed by atoms with van der Waals surface area (Å²) in [4.78, 5) is 17.3. The molecule has 0 saturated carbocycles. The number of nitrogens with zero attached hydrogens (tertiary/aromatic N) is 2. The van der Waals surface area contributed by atoms with Gasteiger partial charge in [0.15, 0.2) is 0 Å². The van der Waals surface area contributed by atoms with Crippen LogP contribution in [0.1, 0.15) is 23.6 Å². The molecule has 3 aromatic rings. The third kappa shape index (κ3) is 4.43. The molecule has 0 spiro atoms. The maximum absolute atomic E-state index is 12.9. The number of methoxy groups -OCH3 is 1. The quantitative estimate of drug-likeness (QED) is 0.619. The van der Waals surface area contributed by atoms with Gasteiger partial charge in [-0.05, 0) is 29.8 Å². The SMILES string of the molecule is CCc1nc(SC(C(=O)Nc2ccc(OC)cc2)c2ccccc2)n[nH]1. The lowest BCUT2D eigenvalue weighted by molar-refractivity contribution is -0.115. The largest absolute Gasteiger partial charge is 0.497 e. The minimum atomic E-state index is -0.459. The Hall–Kier alpha value is -2.80. The summed E-state index contributed by atoms with van der Waals surface area (Å²) in [6, 6.07) is 16.9. The molecule has 1 unspecified atom stereocenters. The Kier molecular flexibility index (Phi) is 5.91. The Morgan fingerprint density at radius 3 is 2.54 bits per heavy atom. The van der Waals surface area contributed by atoms with Gasteiger partial charge in [0.05, 0.1) is 7.11 Å². The Morgan fingerprint density at radius 2 is 1.92 bits per heavy atom. The number of anilines is 1. The number of rotatable bonds is 7. The number of carbonyl (C=O) groups is 1. The Labute approximate surface area is 156 Å². The fourth-order valence-corrected chi connectivity index (χ4v) is 3.31. The minimum Gasteiger partial charge on any atom is -0.497 e. The topological polar surface area (TPSA) is 79.9 Å². The van der Waals surface area contributed by atoms with Crippen molar-refractivity contribution in [2.24, 2.45) is 0 Å². The lowest BCUT2D eigenvalue weighted by Crippen LogP contribution is -2.19. The summed E-state index contributed by atoms with van der Waals surface area (Å²) in [5.74, 6) is 1.41. The normalized spacial score (nSPS) is 11.8. The first-order valence-electron chi connectivity index (χ1n) is 8.27. The molecule has 6 nitrogen and oxygen atoms in total. The molecule has 0 saturated heterocycles. The number of H-pyrrole nitrogens is 1. The average Bonchev–Trinajstić information content (AvgIpc) is 3.15. The lowest BCUT2D eigenvalue weighted by atomic mass is 10.1. The first kappa shape index (κ1) is 18.0. The molecule has 1 heterocycles. The van der Waals surface area contributed by atoms with E-state index in [1.807, 2.05) is 61.5 Å². The fourth-order valence-electron chi connectivity index (χ4n) is 2.38. The van der Waals surface area contributed by atoms with Gasteiger partial charge in [-0.15, -0.1) is 5.10 Å². The van der Waals surface area contributed by atoms with E-state index < -0.39 is 5.25 Å². The van der Waals surface area contributed by atoms with E-state index in [0.29, 0.717) is 10.8 Å². The van der Waals surface area contributed by atoms with Crippen LogP contribution in [0.4, 0.5) is 5.69 Å². The van der Waals surface area contributed by atoms with Crippen LogP contribution in [0.2, 0.25) is 0 Å². The van der Waals surface area contributed by atoms with Crippen molar-refractivity contribution in [1.82, 2.24) is 15.2 Å². The van der Waals surface area contributed by atoms with Gasteiger partial charge in [0, 0.05) is 12.1 Å². The molecule has 0 aliphatic heterocycles. The molecule has 26 heavy (non-hydrogen) atoms. The summed E-state index contributed by atoms with van der Waals surface area (Å²) in [6.45, 7) is 2.00. The highest BCUT2D eigenvalue weighted by atomic mass is 32.2. The van der Waals surface area contributed by atoms with E-state index in [4.69, 9.17) is 4.74 Å². The van der Waals surface area contributed by atoms with Gasteiger partial charge in [0.2, 0.25) is 11.1 Å². The van der Waals surface area contributed by atoms with E-state index in [-0.39, 0.29) is 5.91 Å². The maximum Gasteiger partial charge on any atom is 0.242 e. The summed E-state index contributed by atoms with van der Waals surface area (Å²) in [6.07, 6.45) is 0.765. The summed E-state index contributed by atoms with van der Waals surface area (Å²) in [5.41, 5.74) is 1.60. The van der Waals surface area contributed by atoms with Crippen molar-refractivity contribution < 1.29 is 9.53 Å². The molecule has 1 atom stereocenters. The summed E-state index contributed by atoms with van der Waals surface area (Å²) in [5, 5.41) is 10.1. The summed E-state index contributed by atoms with van der Waals surface area (Å²) >= 11 is 1.32. The number of ether oxygens (including phenoxy) is 1. The smallest absolute Gasteiger partial charge is 0.242 e. The molecule has 134 valence electrons. The van der Waals surface area contributed by atoms with Gasteiger partial charge in [-0.2, -0.15) is 0 Å². The van der Waals surface area contributed by atoms with Crippen molar-refractivity contribution in [1.29, 1.82) is 0 Å². The zero-order valence-electron chi connectivity index (χ0n) is 14.6. The highest BCUT2D eigenvalue weighted by Crippen LogP contribution is 2.34. The Balaban J connectivity index is 1.80. The van der Waals surface area contributed by atoms with Crippen LogP contribution < -0.4 is 10.1 Å². The van der Waals surface area contributed by atoms with Crippen LogP contribution in [0.5, 0.6) is 5.75 Å². The Bertz CT molecular complexity index is 849. The van der Waals surface area contributed by atoms with Gasteiger partial charge >= 0.3 is 0 Å². The highest BCUT2D eigenvalue weighted by Gasteiger charge is 2.24. The fraction of sp³-hybridized carbons (Fsp3) is 0.211. The van der Waals surface area contributed by atoms with Crippen molar-refractivity contribution in [3.63, 3.8) is 0 Å². The Morgan fingerprint density at radius 1 is 1.19 bits per heavy atom. The van der Waals surface area contributed by atoms with E-state index in [1.54, 1.807) is 7.11 Å². The number of thioether (sulfide) groups is 1. The summed E-state index contributed by atoms with van der Waals surface area (Å²) in [7, 11) is 1.61. The number of nitrogens with one attached hydrogen (secondary N) is 2. The second kappa shape index (κ2) is 8.53. The molecule has 0 fully saturated rings. The van der Waals surface area contributed by atoms with E-state index >= 15 is 0 Å². The third-order valence-electron chi connectivity index (χ3n) is 3.77. The van der Waals surface area contributed by atoms with Crippen molar-refractivity contribution in [3.05, 3.63) is 66.0 Å². The number of aryl methyl sites for hydroxylation is 1. The molecule has 2 aromatic carbocycles. The first-order chi connectivity index (χ1) is 12.7. The number of hydrogen-bond donors (Lipinski definition) is 2. The molecule has 0 aliphatic carbocycles. The predicted molar refractivity (Wildman–Crippen MR) is 102 cm³/mol. The monoisotopic (exact) mass is 368 g/mol. The van der Waals surface area contributed by atoms with Crippen LogP contribution in [0.25, 0.3) is 0 Å². The molecule has 3 rings (SSSR count). The molecule has 0 radical (unpaired) electrons. The second-order valence-electron chi connectivity index (χ2n) is 5.54. The minimum absolute atomic E-state index is 0.130. The number of carbonyl (C=O) groups excluding carboxylic acids is 1. The standard InChI is InChI=1S/C19H20N4O2S/c1-3-16-21-19(23-22-16)26-17(13-7-5-4-6-8-13)18(24)20-14-9-11-15(25-2)12-10-14/h4-12,17H,3H2,1-2H3,(H,20,24)(H,21,22,23). The number of benzene rings is 2. The second-order valence-corrected chi connectivity index (χ2v) is 6.62. The predicted octanol–water partition coefficient (Wildman–Crippen LogP) is 3.85. The third-order valence-corrected chi connectivity index (χ3v) is 4.88. The van der Waals surface area contributed by atoms with Crippen molar-refractivity contribution >= 4 is 23.4 Å². The number of amides is 1. The van der Waals surface area contributed by atoms with Gasteiger partial charge in [-0.25, -0.2) is 4.98 Å². The molecule has 0 aliphatic rings. The van der Waals surface area contributed by atoms with Gasteiger partial charge in [0.1, 0.15) is 16.8 Å². The van der Waals surface area contributed by atoms with Crippen LogP contribution >= 0.6 is 11.8 Å². The van der Waals surface area contributed by atoms with Crippen molar-refractivity contribution in [3.8, 4) is 5.75 Å². The molecular weight excluding hydrogens is 348 g/mol. The van der Waals surface area contributed by atoms with Crippen LogP contribution in [0.15, 0.2) is 59.8 Å². The molecule has 0 bridgehead atoms. The van der Waals surface area contributed by atoms with Crippen molar-refractivity contribution in [2.75, 3.05) is 12.4 Å². The van der Waals surface area contributed by atoms with E-state index in [2.05, 4.69) is 20.5 Å². The summed E-state index contributed by atoms with van der Waals surface area (Å²) < 4.78 is 5.15. The van der Waals surface area contributed by atoms with E-state index in [1.165, 1.54) is 11.8 Å². The molecule has 7 heteroatoms. The maximum atomic E-state index is 12.9. The van der Waals surface area contributed by atoms with Crippen LogP contribution in [-0.2, 0) is 11.2 Å². The van der Waals surface area contributed by atoms with E-state index in [0.717, 1.165) is 23.6 Å². The van der Waals surface area contributed by atoms with E-state index in [9.17, 15) is 4.79 Å². The zero-order valence-corrected chi connectivity index (χ0v) is 15.4. The molecule has 1 amide bonds. The molecule has 2 N–H and O–H groups in total. The average molecular weight is 368 g/mol. The van der Waals surface area contributed by atoms with Crippen molar-refractivity contribution in [2.45, 2.75) is 23.8 Å². The molecule has 1 aromatic heterocycles. The molecular formula is C19H20N4O2S. The highest BCUT2D eigenvalue weighted by molar-refractivity contribution is 8.00. The number of aromatic amines is 1. The van der Waals surface area contributed by atoms with Gasteiger partial charge in [0.25, 0.3) is 0 Å². The zero-order chi connectivity index (χ0) is 18.4. The van der Waals surface area contributed by atoms with Gasteiger partial charge in [-0.3, -0.25) is 9.89 Å². The number of aromatic nitrogens is 3.